The molecule has 1 aromatic heterocycles. The molecule has 0 spiro atoms. The summed E-state index contributed by atoms with van der Waals surface area (Å²) < 4.78 is 0. The molecule has 1 amide bonds. The van der Waals surface area contributed by atoms with Gasteiger partial charge in [0, 0.05) is 5.92 Å². The second-order valence-electron chi connectivity index (χ2n) is 6.12. The standard InChI is InChI=1S/C19H17N3O2/c23-18(14-9-12-5-1-2-6-13(12)10-14)20-11-17-21-16-8-4-3-7-15(16)19(24)22-17/h1-8,14H,9-11H2,(H,20,23)(H,21,22,24). The molecule has 5 nitrogen and oxygen atoms in total. The van der Waals surface area contributed by atoms with Gasteiger partial charge in [0.05, 0.1) is 17.4 Å². The molecule has 0 fully saturated rings. The summed E-state index contributed by atoms with van der Waals surface area (Å²) in [7, 11) is 0. The van der Waals surface area contributed by atoms with Gasteiger partial charge in [0.15, 0.2) is 0 Å². The molecule has 1 heterocycles. The number of nitrogens with zero attached hydrogens (tertiary/aromatic N) is 1. The van der Waals surface area contributed by atoms with Crippen LogP contribution in [0.15, 0.2) is 53.3 Å². The highest BCUT2D eigenvalue weighted by atomic mass is 16.2. The van der Waals surface area contributed by atoms with Gasteiger partial charge in [-0.05, 0) is 36.1 Å². The lowest BCUT2D eigenvalue weighted by atomic mass is 10.1. The average Bonchev–Trinajstić information content (AvgIpc) is 3.04. The second-order valence-corrected chi connectivity index (χ2v) is 6.12. The van der Waals surface area contributed by atoms with Crippen molar-refractivity contribution in [1.82, 2.24) is 15.3 Å². The number of aromatic nitrogens is 2. The summed E-state index contributed by atoms with van der Waals surface area (Å²) in [5.74, 6) is 0.430. The topological polar surface area (TPSA) is 74.8 Å². The van der Waals surface area contributed by atoms with Gasteiger partial charge in [0.1, 0.15) is 5.82 Å². The number of amides is 1. The van der Waals surface area contributed by atoms with Crippen molar-refractivity contribution in [3.05, 3.63) is 75.8 Å². The van der Waals surface area contributed by atoms with Crippen LogP contribution >= 0.6 is 0 Å². The number of benzene rings is 2. The van der Waals surface area contributed by atoms with Crippen molar-refractivity contribution in [2.75, 3.05) is 0 Å². The molecule has 1 aliphatic rings. The van der Waals surface area contributed by atoms with Crippen molar-refractivity contribution in [2.24, 2.45) is 5.92 Å². The molecule has 4 rings (SSSR count). The van der Waals surface area contributed by atoms with E-state index in [2.05, 4.69) is 27.4 Å². The molecule has 0 radical (unpaired) electrons. The number of nitrogens with one attached hydrogen (secondary N) is 2. The van der Waals surface area contributed by atoms with Crippen LogP contribution in [0.4, 0.5) is 0 Å². The van der Waals surface area contributed by atoms with E-state index in [1.165, 1.54) is 11.1 Å². The van der Waals surface area contributed by atoms with Crippen LogP contribution in [-0.2, 0) is 24.2 Å². The van der Waals surface area contributed by atoms with E-state index < -0.39 is 0 Å². The third kappa shape index (κ3) is 2.69. The van der Waals surface area contributed by atoms with Crippen LogP contribution < -0.4 is 10.9 Å². The molecule has 0 bridgehead atoms. The lowest BCUT2D eigenvalue weighted by molar-refractivity contribution is -0.124. The van der Waals surface area contributed by atoms with E-state index >= 15 is 0 Å². The van der Waals surface area contributed by atoms with E-state index in [4.69, 9.17) is 0 Å². The number of carbonyl (C=O) groups is 1. The maximum Gasteiger partial charge on any atom is 0.258 e. The van der Waals surface area contributed by atoms with Crippen LogP contribution in [0.2, 0.25) is 0 Å². The zero-order valence-corrected chi connectivity index (χ0v) is 13.1. The first-order valence-electron chi connectivity index (χ1n) is 8.03. The Balaban J connectivity index is 1.46. The van der Waals surface area contributed by atoms with E-state index in [0.717, 1.165) is 12.8 Å². The predicted molar refractivity (Wildman–Crippen MR) is 91.6 cm³/mol. The Morgan fingerprint density at radius 1 is 1.08 bits per heavy atom. The quantitative estimate of drug-likeness (QED) is 0.775. The minimum absolute atomic E-state index is 0.00186. The Morgan fingerprint density at radius 2 is 1.75 bits per heavy atom. The maximum atomic E-state index is 12.4. The van der Waals surface area contributed by atoms with Crippen molar-refractivity contribution in [3.63, 3.8) is 0 Å². The molecule has 3 aromatic rings. The Bertz CT molecular complexity index is 953. The third-order valence-corrected chi connectivity index (χ3v) is 4.51. The molecular formula is C19H17N3O2. The Morgan fingerprint density at radius 3 is 2.50 bits per heavy atom. The van der Waals surface area contributed by atoms with E-state index in [0.29, 0.717) is 16.7 Å². The number of fused-ring (bicyclic) bond motifs is 2. The Hall–Kier alpha value is -2.95. The SMILES string of the molecule is O=C(NCc1nc2ccccc2c(=O)[nH]1)C1Cc2ccccc2C1. The molecule has 0 saturated carbocycles. The molecule has 0 unspecified atom stereocenters. The molecule has 1 aliphatic carbocycles. The van der Waals surface area contributed by atoms with Gasteiger partial charge in [-0.1, -0.05) is 36.4 Å². The van der Waals surface area contributed by atoms with Crippen molar-refractivity contribution in [3.8, 4) is 0 Å². The predicted octanol–water partition coefficient (Wildman–Crippen LogP) is 1.95. The van der Waals surface area contributed by atoms with Crippen LogP contribution in [0, 0.1) is 5.92 Å². The van der Waals surface area contributed by atoms with Crippen LogP contribution in [0.3, 0.4) is 0 Å². The van der Waals surface area contributed by atoms with Gasteiger partial charge in [-0.15, -0.1) is 0 Å². The van der Waals surface area contributed by atoms with Gasteiger partial charge in [-0.2, -0.15) is 0 Å². The van der Waals surface area contributed by atoms with Gasteiger partial charge < -0.3 is 10.3 Å². The minimum Gasteiger partial charge on any atom is -0.349 e. The largest absolute Gasteiger partial charge is 0.349 e. The molecule has 5 heteroatoms. The monoisotopic (exact) mass is 319 g/mol. The summed E-state index contributed by atoms with van der Waals surface area (Å²) in [6, 6.07) is 15.3. The fourth-order valence-electron chi connectivity index (χ4n) is 3.28. The molecule has 24 heavy (non-hydrogen) atoms. The zero-order chi connectivity index (χ0) is 16.5. The van der Waals surface area contributed by atoms with Crippen LogP contribution in [0.1, 0.15) is 17.0 Å². The first-order chi connectivity index (χ1) is 11.7. The summed E-state index contributed by atoms with van der Waals surface area (Å²) in [6.45, 7) is 0.228. The number of para-hydroxylation sites is 1. The second kappa shape index (κ2) is 5.92. The first kappa shape index (κ1) is 14.6. The normalized spacial score (nSPS) is 13.8. The molecule has 2 N–H and O–H groups in total. The van der Waals surface area contributed by atoms with Gasteiger partial charge in [0.25, 0.3) is 5.56 Å². The van der Waals surface area contributed by atoms with E-state index in [1.54, 1.807) is 18.2 Å². The van der Waals surface area contributed by atoms with Crippen molar-refractivity contribution in [1.29, 1.82) is 0 Å². The first-order valence-corrected chi connectivity index (χ1v) is 8.03. The lowest BCUT2D eigenvalue weighted by Crippen LogP contribution is -2.32. The molecule has 0 saturated heterocycles. The lowest BCUT2D eigenvalue weighted by Gasteiger charge is -2.10. The van der Waals surface area contributed by atoms with Crippen molar-refractivity contribution >= 4 is 16.8 Å². The molecule has 0 atom stereocenters. The number of aromatic amines is 1. The molecule has 2 aromatic carbocycles. The third-order valence-electron chi connectivity index (χ3n) is 4.51. The zero-order valence-electron chi connectivity index (χ0n) is 13.1. The average molecular weight is 319 g/mol. The number of rotatable bonds is 3. The maximum absolute atomic E-state index is 12.4. The highest BCUT2D eigenvalue weighted by Crippen LogP contribution is 2.26. The van der Waals surface area contributed by atoms with E-state index in [9.17, 15) is 9.59 Å². The number of hydrogen-bond acceptors (Lipinski definition) is 3. The Labute approximate surface area is 138 Å². The van der Waals surface area contributed by atoms with E-state index in [-0.39, 0.29) is 23.9 Å². The molecule has 0 aliphatic heterocycles. The summed E-state index contributed by atoms with van der Waals surface area (Å²) in [4.78, 5) is 31.6. The van der Waals surface area contributed by atoms with Crippen LogP contribution in [0.5, 0.6) is 0 Å². The summed E-state index contributed by atoms with van der Waals surface area (Å²) >= 11 is 0. The fraction of sp³-hybridized carbons (Fsp3) is 0.211. The molecular weight excluding hydrogens is 302 g/mol. The summed E-state index contributed by atoms with van der Waals surface area (Å²) in [6.07, 6.45) is 1.54. The number of H-pyrrole nitrogens is 1. The highest BCUT2D eigenvalue weighted by Gasteiger charge is 2.26. The van der Waals surface area contributed by atoms with Crippen molar-refractivity contribution in [2.45, 2.75) is 19.4 Å². The van der Waals surface area contributed by atoms with Gasteiger partial charge in [-0.3, -0.25) is 9.59 Å². The number of hydrogen-bond donors (Lipinski definition) is 2. The van der Waals surface area contributed by atoms with Gasteiger partial charge >= 0.3 is 0 Å². The highest BCUT2D eigenvalue weighted by molar-refractivity contribution is 5.80. The minimum atomic E-state index is -0.182. The van der Waals surface area contributed by atoms with Gasteiger partial charge in [0.2, 0.25) is 5.91 Å². The van der Waals surface area contributed by atoms with Crippen LogP contribution in [-0.4, -0.2) is 15.9 Å². The summed E-state index contributed by atoms with van der Waals surface area (Å²) in [5, 5.41) is 3.45. The fourth-order valence-corrected chi connectivity index (χ4v) is 3.28. The van der Waals surface area contributed by atoms with E-state index in [1.807, 2.05) is 18.2 Å². The smallest absolute Gasteiger partial charge is 0.258 e. The molecule has 120 valence electrons. The van der Waals surface area contributed by atoms with Crippen molar-refractivity contribution < 1.29 is 4.79 Å². The van der Waals surface area contributed by atoms with Crippen LogP contribution in [0.25, 0.3) is 10.9 Å². The van der Waals surface area contributed by atoms with Gasteiger partial charge in [-0.25, -0.2) is 4.98 Å². The summed E-state index contributed by atoms with van der Waals surface area (Å²) in [5.41, 5.74) is 2.95. The number of carbonyl (C=O) groups excluding carboxylic acids is 1. The Kier molecular flexibility index (Phi) is 3.61.